The van der Waals surface area contributed by atoms with E-state index < -0.39 is 5.54 Å². The van der Waals surface area contributed by atoms with Crippen LogP contribution in [0.3, 0.4) is 0 Å². The Morgan fingerprint density at radius 3 is 2.59 bits per heavy atom. The zero-order valence-corrected chi connectivity index (χ0v) is 20.1. The molecule has 7 heteroatoms. The van der Waals surface area contributed by atoms with Gasteiger partial charge in [0.2, 0.25) is 5.91 Å². The molecule has 0 unspecified atom stereocenters. The topological polar surface area (TPSA) is 76.5 Å². The summed E-state index contributed by atoms with van der Waals surface area (Å²) in [5.74, 6) is 1.40. The Morgan fingerprint density at radius 1 is 1.12 bits per heavy atom. The van der Waals surface area contributed by atoms with Crippen molar-refractivity contribution < 1.29 is 14.3 Å². The number of nitrogens with zero attached hydrogens (tertiary/aromatic N) is 3. The highest BCUT2D eigenvalue weighted by molar-refractivity contribution is 6.01. The molecule has 1 fully saturated rings. The summed E-state index contributed by atoms with van der Waals surface area (Å²) in [5.41, 5.74) is 1.41. The van der Waals surface area contributed by atoms with Crippen LogP contribution in [0.25, 0.3) is 11.0 Å². The standard InChI is InChI=1S/C27H32N4O3/c1-18-12-14-20(15-13-18)28-26(33)27(2)17-30-22-10-6-5-9-21(22)29-24(30)25(32)31(27)16-19-8-4-7-11-23(19)34-3/h4-11,18,20H,12-17H2,1-3H3,(H,28,33)/t18?,20?,27-/m0/s1. The molecule has 1 aliphatic heterocycles. The number of hydrogen-bond donors (Lipinski definition) is 1. The average Bonchev–Trinajstić information content (AvgIpc) is 3.22. The minimum atomic E-state index is -1.07. The van der Waals surface area contributed by atoms with Crippen molar-refractivity contribution >= 4 is 22.8 Å². The summed E-state index contributed by atoms with van der Waals surface area (Å²) >= 11 is 0. The second-order valence-electron chi connectivity index (χ2n) is 9.92. The summed E-state index contributed by atoms with van der Waals surface area (Å²) in [6.45, 7) is 4.75. The molecule has 2 aromatic carbocycles. The first kappa shape index (κ1) is 22.4. The van der Waals surface area contributed by atoms with Crippen LogP contribution in [-0.2, 0) is 17.9 Å². The lowest BCUT2D eigenvalue weighted by Crippen LogP contribution is -2.64. The summed E-state index contributed by atoms with van der Waals surface area (Å²) < 4.78 is 7.44. The fourth-order valence-corrected chi connectivity index (χ4v) is 5.33. The molecule has 2 heterocycles. The maximum Gasteiger partial charge on any atom is 0.291 e. The van der Waals surface area contributed by atoms with Crippen LogP contribution in [0, 0.1) is 5.92 Å². The van der Waals surface area contributed by atoms with Gasteiger partial charge < -0.3 is 19.5 Å². The summed E-state index contributed by atoms with van der Waals surface area (Å²) in [7, 11) is 1.62. The van der Waals surface area contributed by atoms with E-state index in [4.69, 9.17) is 4.74 Å². The highest BCUT2D eigenvalue weighted by Crippen LogP contribution is 2.34. The Morgan fingerprint density at radius 2 is 1.82 bits per heavy atom. The second-order valence-corrected chi connectivity index (χ2v) is 9.92. The van der Waals surface area contributed by atoms with E-state index >= 15 is 0 Å². The van der Waals surface area contributed by atoms with Crippen molar-refractivity contribution in [3.05, 3.63) is 59.9 Å². The van der Waals surface area contributed by atoms with Gasteiger partial charge in [-0.25, -0.2) is 4.98 Å². The molecular formula is C27H32N4O3. The van der Waals surface area contributed by atoms with E-state index in [9.17, 15) is 9.59 Å². The Labute approximate surface area is 200 Å². The molecule has 34 heavy (non-hydrogen) atoms. The van der Waals surface area contributed by atoms with Gasteiger partial charge in [0, 0.05) is 11.6 Å². The van der Waals surface area contributed by atoms with Crippen LogP contribution >= 0.6 is 0 Å². The number of carbonyl (C=O) groups is 2. The number of rotatable bonds is 5. The average molecular weight is 461 g/mol. The van der Waals surface area contributed by atoms with Crippen LogP contribution in [0.2, 0.25) is 0 Å². The van der Waals surface area contributed by atoms with Gasteiger partial charge in [-0.1, -0.05) is 37.3 Å². The third kappa shape index (κ3) is 3.83. The maximum absolute atomic E-state index is 13.9. The van der Waals surface area contributed by atoms with Crippen molar-refractivity contribution in [2.24, 2.45) is 5.92 Å². The van der Waals surface area contributed by atoms with Crippen LogP contribution < -0.4 is 10.1 Å². The number of nitrogens with one attached hydrogen (secondary N) is 1. The van der Waals surface area contributed by atoms with Gasteiger partial charge >= 0.3 is 0 Å². The fraction of sp³-hybridized carbons (Fsp3) is 0.444. The van der Waals surface area contributed by atoms with E-state index in [2.05, 4.69) is 17.2 Å². The summed E-state index contributed by atoms with van der Waals surface area (Å²) in [6.07, 6.45) is 4.18. The van der Waals surface area contributed by atoms with E-state index in [-0.39, 0.29) is 24.4 Å². The molecule has 5 rings (SSSR count). The normalized spacial score (nSPS) is 24.7. The van der Waals surface area contributed by atoms with Gasteiger partial charge in [-0.3, -0.25) is 9.59 Å². The zero-order chi connectivity index (χ0) is 23.9. The summed E-state index contributed by atoms with van der Waals surface area (Å²) in [4.78, 5) is 34.0. The maximum atomic E-state index is 13.9. The van der Waals surface area contributed by atoms with Crippen molar-refractivity contribution in [2.45, 2.75) is 64.2 Å². The van der Waals surface area contributed by atoms with Gasteiger partial charge in [0.1, 0.15) is 11.3 Å². The molecule has 1 saturated carbocycles. The van der Waals surface area contributed by atoms with E-state index in [1.807, 2.05) is 60.0 Å². The zero-order valence-electron chi connectivity index (χ0n) is 20.1. The number of amides is 2. The molecule has 2 aliphatic rings. The number of fused-ring (bicyclic) bond motifs is 3. The number of imidazole rings is 1. The highest BCUT2D eigenvalue weighted by Gasteiger charge is 2.49. The van der Waals surface area contributed by atoms with Gasteiger partial charge in [0.05, 0.1) is 31.2 Å². The first-order valence-corrected chi connectivity index (χ1v) is 12.1. The van der Waals surface area contributed by atoms with Crippen molar-refractivity contribution in [1.29, 1.82) is 0 Å². The molecule has 1 aliphatic carbocycles. The van der Waals surface area contributed by atoms with E-state index in [0.717, 1.165) is 42.3 Å². The van der Waals surface area contributed by atoms with E-state index in [1.165, 1.54) is 0 Å². The van der Waals surface area contributed by atoms with Gasteiger partial charge in [-0.15, -0.1) is 0 Å². The summed E-state index contributed by atoms with van der Waals surface area (Å²) in [5, 5.41) is 3.29. The Kier molecular flexibility index (Phi) is 5.80. The SMILES string of the molecule is COc1ccccc1CN1C(=O)c2nc3ccccc3n2C[C@@]1(C)C(=O)NC1CCC(C)CC1. The van der Waals surface area contributed by atoms with Crippen molar-refractivity contribution in [2.75, 3.05) is 7.11 Å². The van der Waals surface area contributed by atoms with Crippen LogP contribution in [0.4, 0.5) is 0 Å². The number of carbonyl (C=O) groups excluding carboxylic acids is 2. The van der Waals surface area contributed by atoms with E-state index in [0.29, 0.717) is 24.0 Å². The molecule has 178 valence electrons. The predicted molar refractivity (Wildman–Crippen MR) is 131 cm³/mol. The minimum Gasteiger partial charge on any atom is -0.496 e. The van der Waals surface area contributed by atoms with Crippen molar-refractivity contribution in [1.82, 2.24) is 19.8 Å². The third-order valence-corrected chi connectivity index (χ3v) is 7.51. The molecular weight excluding hydrogens is 428 g/mol. The Bertz CT molecular complexity index is 1230. The number of aromatic nitrogens is 2. The number of para-hydroxylation sites is 3. The number of methoxy groups -OCH3 is 1. The monoisotopic (exact) mass is 460 g/mol. The number of benzene rings is 2. The quantitative estimate of drug-likeness (QED) is 0.621. The van der Waals surface area contributed by atoms with Crippen LogP contribution in [0.1, 0.15) is 55.7 Å². The van der Waals surface area contributed by atoms with Gasteiger partial charge in [-0.2, -0.15) is 0 Å². The number of hydrogen-bond acceptors (Lipinski definition) is 4. The molecule has 2 amide bonds. The smallest absolute Gasteiger partial charge is 0.291 e. The van der Waals surface area contributed by atoms with E-state index in [1.54, 1.807) is 12.0 Å². The van der Waals surface area contributed by atoms with Crippen molar-refractivity contribution in [3.8, 4) is 5.75 Å². The molecule has 1 N–H and O–H groups in total. The molecule has 1 aromatic heterocycles. The van der Waals surface area contributed by atoms with Gasteiger partial charge in [0.15, 0.2) is 5.82 Å². The summed E-state index contributed by atoms with van der Waals surface area (Å²) in [6, 6.07) is 15.5. The largest absolute Gasteiger partial charge is 0.496 e. The predicted octanol–water partition coefficient (Wildman–Crippen LogP) is 4.15. The lowest BCUT2D eigenvalue weighted by atomic mass is 9.86. The first-order chi connectivity index (χ1) is 16.4. The second kappa shape index (κ2) is 8.78. The molecule has 3 aromatic rings. The van der Waals surface area contributed by atoms with Crippen LogP contribution in [0.5, 0.6) is 5.75 Å². The fourth-order valence-electron chi connectivity index (χ4n) is 5.33. The molecule has 1 atom stereocenters. The third-order valence-electron chi connectivity index (χ3n) is 7.51. The van der Waals surface area contributed by atoms with Gasteiger partial charge in [0.25, 0.3) is 5.91 Å². The lowest BCUT2D eigenvalue weighted by molar-refractivity contribution is -0.134. The molecule has 7 nitrogen and oxygen atoms in total. The highest BCUT2D eigenvalue weighted by atomic mass is 16.5. The van der Waals surface area contributed by atoms with Crippen LogP contribution in [0.15, 0.2) is 48.5 Å². The molecule has 0 bridgehead atoms. The Balaban J connectivity index is 1.54. The molecule has 0 radical (unpaired) electrons. The lowest BCUT2D eigenvalue weighted by Gasteiger charge is -2.44. The van der Waals surface area contributed by atoms with Crippen LogP contribution in [-0.4, -0.2) is 45.0 Å². The Hall–Kier alpha value is -3.35. The number of ether oxygens (including phenoxy) is 1. The van der Waals surface area contributed by atoms with Gasteiger partial charge in [-0.05, 0) is 56.7 Å². The minimum absolute atomic E-state index is 0.112. The van der Waals surface area contributed by atoms with Crippen molar-refractivity contribution in [3.63, 3.8) is 0 Å². The first-order valence-electron chi connectivity index (χ1n) is 12.1. The molecule has 0 spiro atoms. The molecule has 0 saturated heterocycles.